The second kappa shape index (κ2) is 10.8. The Balaban J connectivity index is 1.27. The minimum atomic E-state index is -0.169. The Labute approximate surface area is 194 Å². The highest BCUT2D eigenvalue weighted by Gasteiger charge is 2.38. The Morgan fingerprint density at radius 2 is 1.85 bits per heavy atom. The lowest BCUT2D eigenvalue weighted by molar-refractivity contribution is -0.0960. The molecular weight excluding hydrogens is 424 g/mol. The Hall–Kier alpha value is -2.97. The second-order valence-electron chi connectivity index (χ2n) is 8.12. The van der Waals surface area contributed by atoms with E-state index in [9.17, 15) is 4.79 Å². The van der Waals surface area contributed by atoms with Crippen molar-refractivity contribution in [2.45, 2.75) is 25.0 Å². The lowest BCUT2D eigenvalue weighted by Gasteiger charge is -2.44. The number of methoxy groups -OCH3 is 3. The number of morpholine rings is 1. The number of rotatable bonds is 9. The van der Waals surface area contributed by atoms with Crippen molar-refractivity contribution in [3.8, 4) is 23.0 Å². The summed E-state index contributed by atoms with van der Waals surface area (Å²) in [7, 11) is 4.60. The van der Waals surface area contributed by atoms with Gasteiger partial charge in [0.2, 0.25) is 5.75 Å². The Kier molecular flexibility index (Phi) is 7.57. The summed E-state index contributed by atoms with van der Waals surface area (Å²) in [5.74, 6) is 2.14. The molecule has 0 aromatic heterocycles. The molecule has 1 amide bonds. The van der Waals surface area contributed by atoms with Gasteiger partial charge < -0.3 is 29.0 Å². The van der Waals surface area contributed by atoms with Gasteiger partial charge in [-0.1, -0.05) is 18.2 Å². The van der Waals surface area contributed by atoms with Crippen LogP contribution >= 0.6 is 0 Å². The van der Waals surface area contributed by atoms with Crippen LogP contribution in [-0.4, -0.2) is 71.0 Å². The van der Waals surface area contributed by atoms with Gasteiger partial charge in [-0.15, -0.1) is 0 Å². The summed E-state index contributed by atoms with van der Waals surface area (Å²) in [6.45, 7) is 3.78. The number of hydrogen-bond acceptors (Lipinski definition) is 7. The molecule has 0 spiro atoms. The first-order valence-corrected chi connectivity index (χ1v) is 11.3. The van der Waals surface area contributed by atoms with Crippen LogP contribution in [-0.2, 0) is 4.74 Å². The normalized spacial score (nSPS) is 19.6. The number of amides is 1. The third-order valence-corrected chi connectivity index (χ3v) is 6.21. The van der Waals surface area contributed by atoms with Gasteiger partial charge in [-0.3, -0.25) is 9.69 Å². The summed E-state index contributed by atoms with van der Waals surface area (Å²) in [6, 6.07) is 11.7. The minimum absolute atomic E-state index is 0.0587. The first-order valence-electron chi connectivity index (χ1n) is 11.3. The number of carbonyl (C=O) groups is 1. The third kappa shape index (κ3) is 5.02. The fourth-order valence-electron chi connectivity index (χ4n) is 4.51. The van der Waals surface area contributed by atoms with Crippen molar-refractivity contribution in [2.75, 3.05) is 54.2 Å². The molecule has 1 saturated heterocycles. The Bertz CT molecular complexity index is 941. The molecular formula is C25H32N2O6. The van der Waals surface area contributed by atoms with E-state index in [1.165, 1.54) is 21.3 Å². The van der Waals surface area contributed by atoms with Crippen molar-refractivity contribution >= 4 is 5.91 Å². The smallest absolute Gasteiger partial charge is 0.251 e. The number of ether oxygens (including phenoxy) is 5. The van der Waals surface area contributed by atoms with E-state index in [2.05, 4.69) is 16.3 Å². The maximum atomic E-state index is 12.6. The van der Waals surface area contributed by atoms with Crippen LogP contribution in [0, 0.1) is 0 Å². The summed E-state index contributed by atoms with van der Waals surface area (Å²) in [6.07, 6.45) is 1.91. The summed E-state index contributed by atoms with van der Waals surface area (Å²) in [5, 5.41) is 2.99. The van der Waals surface area contributed by atoms with E-state index in [-0.39, 0.29) is 18.1 Å². The molecule has 8 nitrogen and oxygen atoms in total. The highest BCUT2D eigenvalue weighted by Crippen LogP contribution is 2.39. The van der Waals surface area contributed by atoms with Crippen molar-refractivity contribution in [2.24, 2.45) is 0 Å². The molecule has 0 radical (unpaired) electrons. The SMILES string of the molecule is COc1cc(C(=O)NCCCCN2CCO[C@@H]3c4ccccc4OC[C@H]32)cc(OC)c1OC. The Morgan fingerprint density at radius 1 is 1.09 bits per heavy atom. The minimum Gasteiger partial charge on any atom is -0.493 e. The van der Waals surface area contributed by atoms with Crippen LogP contribution in [0.25, 0.3) is 0 Å². The lowest BCUT2D eigenvalue weighted by Crippen LogP contribution is -2.52. The van der Waals surface area contributed by atoms with Gasteiger partial charge in [-0.2, -0.15) is 0 Å². The standard InChI is InChI=1S/C25H32N2O6/c1-29-21-14-17(15-22(30-2)24(21)31-3)25(28)26-10-6-7-11-27-12-13-32-23-18-8-4-5-9-20(18)33-16-19(23)27/h4-5,8-9,14-15,19,23H,6-7,10-13,16H2,1-3H3,(H,26,28)/t19-,23-/m1/s1. The number of nitrogens with zero attached hydrogens (tertiary/aromatic N) is 1. The molecule has 0 aliphatic carbocycles. The van der Waals surface area contributed by atoms with Crippen molar-refractivity contribution < 1.29 is 28.5 Å². The predicted molar refractivity (Wildman–Crippen MR) is 124 cm³/mol. The average Bonchev–Trinajstić information content (AvgIpc) is 2.87. The molecule has 2 heterocycles. The molecule has 0 bridgehead atoms. The van der Waals surface area contributed by atoms with Gasteiger partial charge in [-0.25, -0.2) is 0 Å². The Morgan fingerprint density at radius 3 is 2.58 bits per heavy atom. The number of para-hydroxylation sites is 1. The van der Waals surface area contributed by atoms with Gasteiger partial charge in [0.15, 0.2) is 11.5 Å². The molecule has 2 aliphatic heterocycles. The molecule has 8 heteroatoms. The number of carbonyl (C=O) groups excluding carboxylic acids is 1. The predicted octanol–water partition coefficient (Wildman–Crippen LogP) is 3.06. The number of nitrogens with one attached hydrogen (secondary N) is 1. The maximum absolute atomic E-state index is 12.6. The number of hydrogen-bond donors (Lipinski definition) is 1. The van der Waals surface area contributed by atoms with Crippen LogP contribution in [0.2, 0.25) is 0 Å². The van der Waals surface area contributed by atoms with Crippen LogP contribution in [0.3, 0.4) is 0 Å². The van der Waals surface area contributed by atoms with Crippen LogP contribution in [0.5, 0.6) is 23.0 Å². The molecule has 4 rings (SSSR count). The fourth-order valence-corrected chi connectivity index (χ4v) is 4.51. The largest absolute Gasteiger partial charge is 0.493 e. The quantitative estimate of drug-likeness (QED) is 0.581. The van der Waals surface area contributed by atoms with Crippen molar-refractivity contribution in [3.63, 3.8) is 0 Å². The van der Waals surface area contributed by atoms with Crippen LogP contribution < -0.4 is 24.3 Å². The van der Waals surface area contributed by atoms with Gasteiger partial charge in [0.25, 0.3) is 5.91 Å². The zero-order valence-corrected chi connectivity index (χ0v) is 19.5. The second-order valence-corrected chi connectivity index (χ2v) is 8.12. The van der Waals surface area contributed by atoms with Gasteiger partial charge in [0.05, 0.1) is 34.0 Å². The topological polar surface area (TPSA) is 78.5 Å². The van der Waals surface area contributed by atoms with Crippen LogP contribution in [0.15, 0.2) is 36.4 Å². The molecule has 2 aliphatic rings. The van der Waals surface area contributed by atoms with Gasteiger partial charge in [0, 0.05) is 24.2 Å². The molecule has 178 valence electrons. The number of benzene rings is 2. The molecule has 33 heavy (non-hydrogen) atoms. The van der Waals surface area contributed by atoms with Crippen LogP contribution in [0.1, 0.15) is 34.9 Å². The molecule has 0 unspecified atom stereocenters. The first kappa shape index (κ1) is 23.2. The fraction of sp³-hybridized carbons (Fsp3) is 0.480. The maximum Gasteiger partial charge on any atom is 0.251 e. The van der Waals surface area contributed by atoms with E-state index in [1.54, 1.807) is 12.1 Å². The molecule has 2 atom stereocenters. The van der Waals surface area contributed by atoms with E-state index in [1.807, 2.05) is 18.2 Å². The molecule has 1 N–H and O–H groups in total. The number of fused-ring (bicyclic) bond motifs is 3. The van der Waals surface area contributed by atoms with Crippen LogP contribution in [0.4, 0.5) is 0 Å². The van der Waals surface area contributed by atoms with Crippen molar-refractivity contribution in [1.82, 2.24) is 10.2 Å². The van der Waals surface area contributed by atoms with E-state index >= 15 is 0 Å². The van der Waals surface area contributed by atoms with Gasteiger partial charge >= 0.3 is 0 Å². The molecule has 1 fully saturated rings. The third-order valence-electron chi connectivity index (χ3n) is 6.21. The molecule has 2 aromatic rings. The average molecular weight is 457 g/mol. The monoisotopic (exact) mass is 456 g/mol. The van der Waals surface area contributed by atoms with Gasteiger partial charge in [-0.05, 0) is 37.6 Å². The molecule has 0 saturated carbocycles. The summed E-state index contributed by atoms with van der Waals surface area (Å²) in [5.41, 5.74) is 1.61. The zero-order chi connectivity index (χ0) is 23.2. The first-order chi connectivity index (χ1) is 16.2. The van der Waals surface area contributed by atoms with E-state index in [0.717, 1.165) is 37.2 Å². The number of unbranched alkanes of at least 4 members (excludes halogenated alkanes) is 1. The summed E-state index contributed by atoms with van der Waals surface area (Å²) >= 11 is 0. The van der Waals surface area contributed by atoms with E-state index in [4.69, 9.17) is 23.7 Å². The van der Waals surface area contributed by atoms with E-state index < -0.39 is 0 Å². The zero-order valence-electron chi connectivity index (χ0n) is 19.5. The van der Waals surface area contributed by atoms with Crippen molar-refractivity contribution in [3.05, 3.63) is 47.5 Å². The van der Waals surface area contributed by atoms with Crippen molar-refractivity contribution in [1.29, 1.82) is 0 Å². The van der Waals surface area contributed by atoms with Gasteiger partial charge in [0.1, 0.15) is 18.5 Å². The highest BCUT2D eigenvalue weighted by atomic mass is 16.5. The molecule has 2 aromatic carbocycles. The highest BCUT2D eigenvalue weighted by molar-refractivity contribution is 5.95. The summed E-state index contributed by atoms with van der Waals surface area (Å²) < 4.78 is 28.1. The lowest BCUT2D eigenvalue weighted by atomic mass is 9.96. The summed E-state index contributed by atoms with van der Waals surface area (Å²) in [4.78, 5) is 15.1. The van der Waals surface area contributed by atoms with E-state index in [0.29, 0.717) is 42.6 Å².